The number of nitrogens with zero attached hydrogens (tertiary/aromatic N) is 1. The van der Waals surface area contributed by atoms with Gasteiger partial charge in [0.05, 0.1) is 21.3 Å². The summed E-state index contributed by atoms with van der Waals surface area (Å²) in [4.78, 5) is 29.7. The first-order chi connectivity index (χ1) is 15.5. The highest BCUT2D eigenvalue weighted by atomic mass is 16.5. The fourth-order valence-electron chi connectivity index (χ4n) is 3.37. The fourth-order valence-corrected chi connectivity index (χ4v) is 3.37. The van der Waals surface area contributed by atoms with Gasteiger partial charge in [-0.1, -0.05) is 18.2 Å². The molecule has 0 saturated carbocycles. The van der Waals surface area contributed by atoms with Gasteiger partial charge in [0.25, 0.3) is 5.91 Å². The van der Waals surface area contributed by atoms with Gasteiger partial charge in [0, 0.05) is 29.5 Å². The molecule has 1 N–H and O–H groups in total. The quantitative estimate of drug-likeness (QED) is 0.489. The summed E-state index contributed by atoms with van der Waals surface area (Å²) in [5.74, 6) is 1.29. The number of ether oxygens (including phenoxy) is 3. The van der Waals surface area contributed by atoms with E-state index in [9.17, 15) is 9.59 Å². The van der Waals surface area contributed by atoms with Gasteiger partial charge < -0.3 is 23.9 Å². The minimum atomic E-state index is -0.332. The molecule has 2 heterocycles. The lowest BCUT2D eigenvalue weighted by Gasteiger charge is -2.14. The number of carbonyl (C=O) groups is 1. The second-order valence-electron chi connectivity index (χ2n) is 6.74. The summed E-state index contributed by atoms with van der Waals surface area (Å²) < 4.78 is 22.1. The van der Waals surface area contributed by atoms with Gasteiger partial charge >= 0.3 is 0 Å². The molecule has 0 saturated heterocycles. The summed E-state index contributed by atoms with van der Waals surface area (Å²) in [7, 11) is 4.38. The molecule has 2 aromatic carbocycles. The van der Waals surface area contributed by atoms with E-state index in [1.807, 2.05) is 0 Å². The molecule has 4 aromatic rings. The van der Waals surface area contributed by atoms with Gasteiger partial charge in [0.1, 0.15) is 22.5 Å². The molecule has 1 amide bonds. The Morgan fingerprint density at radius 3 is 2.44 bits per heavy atom. The minimum absolute atomic E-state index is 0.227. The Morgan fingerprint density at radius 1 is 0.938 bits per heavy atom. The number of rotatable bonds is 6. The van der Waals surface area contributed by atoms with E-state index in [2.05, 4.69) is 10.3 Å². The van der Waals surface area contributed by atoms with Crippen LogP contribution in [0.2, 0.25) is 0 Å². The highest BCUT2D eigenvalue weighted by Gasteiger charge is 2.21. The molecule has 4 rings (SSSR count). The normalized spacial score (nSPS) is 10.6. The first kappa shape index (κ1) is 20.9. The summed E-state index contributed by atoms with van der Waals surface area (Å²) in [6, 6.07) is 14.9. The molecule has 0 aliphatic carbocycles. The van der Waals surface area contributed by atoms with Gasteiger partial charge in [-0.05, 0) is 24.3 Å². The summed E-state index contributed by atoms with van der Waals surface area (Å²) in [6.45, 7) is 0. The topological polar surface area (TPSA) is 99.9 Å². The van der Waals surface area contributed by atoms with Gasteiger partial charge in [-0.3, -0.25) is 9.59 Å². The lowest BCUT2D eigenvalue weighted by atomic mass is 10.1. The average Bonchev–Trinajstić information content (AvgIpc) is 2.83. The maximum Gasteiger partial charge on any atom is 0.256 e. The van der Waals surface area contributed by atoms with Crippen molar-refractivity contribution in [3.8, 4) is 28.6 Å². The zero-order valence-corrected chi connectivity index (χ0v) is 17.7. The van der Waals surface area contributed by atoms with Crippen molar-refractivity contribution in [3.05, 3.63) is 76.6 Å². The molecule has 0 atom stereocenters. The van der Waals surface area contributed by atoms with Gasteiger partial charge in [-0.15, -0.1) is 0 Å². The molecule has 8 nitrogen and oxygen atoms in total. The van der Waals surface area contributed by atoms with Crippen molar-refractivity contribution < 1.29 is 23.4 Å². The third-order valence-corrected chi connectivity index (χ3v) is 4.84. The number of anilines is 1. The van der Waals surface area contributed by atoms with Crippen LogP contribution in [0.4, 0.5) is 5.82 Å². The zero-order valence-electron chi connectivity index (χ0n) is 17.7. The number of pyridine rings is 1. The Bertz CT molecular complexity index is 1350. The van der Waals surface area contributed by atoms with Crippen LogP contribution in [0.1, 0.15) is 10.4 Å². The Morgan fingerprint density at radius 2 is 1.75 bits per heavy atom. The van der Waals surface area contributed by atoms with Crippen LogP contribution in [0.25, 0.3) is 22.3 Å². The average molecular weight is 432 g/mol. The number of hydrogen-bond donors (Lipinski definition) is 1. The van der Waals surface area contributed by atoms with Crippen LogP contribution in [0, 0.1) is 0 Å². The number of amides is 1. The highest BCUT2D eigenvalue weighted by Crippen LogP contribution is 2.42. The molecule has 0 fully saturated rings. The Labute approximate surface area is 183 Å². The zero-order chi connectivity index (χ0) is 22.7. The van der Waals surface area contributed by atoms with Crippen LogP contribution in [0.5, 0.6) is 17.2 Å². The van der Waals surface area contributed by atoms with Crippen LogP contribution >= 0.6 is 0 Å². The minimum Gasteiger partial charge on any atom is -0.493 e. The van der Waals surface area contributed by atoms with Crippen molar-refractivity contribution >= 4 is 22.7 Å². The number of aromatic nitrogens is 1. The van der Waals surface area contributed by atoms with Crippen molar-refractivity contribution in [1.82, 2.24) is 4.98 Å². The first-order valence-electron chi connectivity index (χ1n) is 9.65. The molecular weight excluding hydrogens is 412 g/mol. The standard InChI is InChI=1S/C24H20N2O6/c1-29-19-13-18-21(23(31-3)22(19)30-2)16(27)12-17(32-18)14-7-6-8-15(11-14)24(28)26-20-9-4-5-10-25-20/h4-13H,1-3H3,(H,25,26,28). The SMILES string of the molecule is COc1cc2oc(-c3cccc(C(=O)Nc4ccccn4)c3)cc(=O)c2c(OC)c1OC. The summed E-state index contributed by atoms with van der Waals surface area (Å²) >= 11 is 0. The Hall–Kier alpha value is -4.33. The second-order valence-corrected chi connectivity index (χ2v) is 6.74. The van der Waals surface area contributed by atoms with Gasteiger partial charge in [0.15, 0.2) is 16.9 Å². The second kappa shape index (κ2) is 8.81. The molecule has 32 heavy (non-hydrogen) atoms. The molecule has 8 heteroatoms. The van der Waals surface area contributed by atoms with E-state index < -0.39 is 0 Å². The number of benzene rings is 2. The van der Waals surface area contributed by atoms with Crippen molar-refractivity contribution in [2.45, 2.75) is 0 Å². The van der Waals surface area contributed by atoms with Crippen molar-refractivity contribution in [2.75, 3.05) is 26.6 Å². The first-order valence-corrected chi connectivity index (χ1v) is 9.65. The van der Waals surface area contributed by atoms with Crippen molar-refractivity contribution in [2.24, 2.45) is 0 Å². The van der Waals surface area contributed by atoms with E-state index in [0.717, 1.165) is 0 Å². The molecule has 0 unspecified atom stereocenters. The predicted molar refractivity (Wildman–Crippen MR) is 120 cm³/mol. The molecule has 0 spiro atoms. The number of nitrogens with one attached hydrogen (secondary N) is 1. The molecule has 0 bridgehead atoms. The van der Waals surface area contributed by atoms with E-state index in [0.29, 0.717) is 34.2 Å². The third kappa shape index (κ3) is 3.85. The largest absolute Gasteiger partial charge is 0.493 e. The summed E-state index contributed by atoms with van der Waals surface area (Å²) in [5, 5.41) is 2.97. The van der Waals surface area contributed by atoms with E-state index in [1.54, 1.807) is 54.7 Å². The lowest BCUT2D eigenvalue weighted by molar-refractivity contribution is 0.102. The third-order valence-electron chi connectivity index (χ3n) is 4.84. The van der Waals surface area contributed by atoms with Crippen LogP contribution < -0.4 is 25.0 Å². The van der Waals surface area contributed by atoms with Crippen LogP contribution in [0.15, 0.2) is 70.0 Å². The fraction of sp³-hybridized carbons (Fsp3) is 0.125. The van der Waals surface area contributed by atoms with Crippen LogP contribution in [-0.2, 0) is 0 Å². The lowest BCUT2D eigenvalue weighted by Crippen LogP contribution is -2.12. The smallest absolute Gasteiger partial charge is 0.256 e. The van der Waals surface area contributed by atoms with E-state index >= 15 is 0 Å². The monoisotopic (exact) mass is 432 g/mol. The number of hydrogen-bond acceptors (Lipinski definition) is 7. The summed E-state index contributed by atoms with van der Waals surface area (Å²) in [5.41, 5.74) is 0.903. The maximum atomic E-state index is 13.0. The highest BCUT2D eigenvalue weighted by molar-refractivity contribution is 6.04. The van der Waals surface area contributed by atoms with Crippen molar-refractivity contribution in [1.29, 1.82) is 0 Å². The number of methoxy groups -OCH3 is 3. The molecule has 0 radical (unpaired) electrons. The van der Waals surface area contributed by atoms with Crippen LogP contribution in [0.3, 0.4) is 0 Å². The van der Waals surface area contributed by atoms with Gasteiger partial charge in [-0.2, -0.15) is 0 Å². The molecule has 0 aliphatic rings. The van der Waals surface area contributed by atoms with Crippen LogP contribution in [-0.4, -0.2) is 32.2 Å². The summed E-state index contributed by atoms with van der Waals surface area (Å²) in [6.07, 6.45) is 1.59. The van der Waals surface area contributed by atoms with E-state index in [4.69, 9.17) is 18.6 Å². The molecular formula is C24H20N2O6. The number of fused-ring (bicyclic) bond motifs is 1. The maximum absolute atomic E-state index is 13.0. The molecule has 0 aliphatic heterocycles. The van der Waals surface area contributed by atoms with E-state index in [-0.39, 0.29) is 28.1 Å². The predicted octanol–water partition coefficient (Wildman–Crippen LogP) is 4.13. The Balaban J connectivity index is 1.78. The van der Waals surface area contributed by atoms with Gasteiger partial charge in [0.2, 0.25) is 5.75 Å². The van der Waals surface area contributed by atoms with Gasteiger partial charge in [-0.25, -0.2) is 4.98 Å². The molecule has 2 aromatic heterocycles. The number of carbonyl (C=O) groups excluding carboxylic acids is 1. The molecule has 162 valence electrons. The van der Waals surface area contributed by atoms with Crippen molar-refractivity contribution in [3.63, 3.8) is 0 Å². The van der Waals surface area contributed by atoms with E-state index in [1.165, 1.54) is 27.4 Å². The Kier molecular flexibility index (Phi) is 5.76.